The summed E-state index contributed by atoms with van der Waals surface area (Å²) < 4.78 is 48.2. The summed E-state index contributed by atoms with van der Waals surface area (Å²) in [5.41, 5.74) is 0.297. The second-order valence-electron chi connectivity index (χ2n) is 6.39. The zero-order valence-electron chi connectivity index (χ0n) is 16.0. The Balaban J connectivity index is 1.50. The van der Waals surface area contributed by atoms with Gasteiger partial charge in [-0.1, -0.05) is 11.6 Å². The summed E-state index contributed by atoms with van der Waals surface area (Å²) >= 11 is 5.68. The molecule has 31 heavy (non-hydrogen) atoms. The molecule has 11 heteroatoms. The van der Waals surface area contributed by atoms with Crippen LogP contribution in [0.3, 0.4) is 0 Å². The molecule has 2 heterocycles. The minimum absolute atomic E-state index is 0.150. The summed E-state index contributed by atoms with van der Waals surface area (Å²) in [5.74, 6) is 1.19. The molecule has 2 aromatic heterocycles. The van der Waals surface area contributed by atoms with Gasteiger partial charge in [-0.15, -0.1) is 0 Å². The molecule has 0 saturated heterocycles. The summed E-state index contributed by atoms with van der Waals surface area (Å²) in [5, 5.41) is -0.276. The van der Waals surface area contributed by atoms with Crippen molar-refractivity contribution < 1.29 is 17.5 Å². The van der Waals surface area contributed by atoms with Crippen LogP contribution < -0.4 is 9.46 Å². The molecule has 0 atom stereocenters. The summed E-state index contributed by atoms with van der Waals surface area (Å²) in [4.78, 5) is 12.4. The first-order valence-corrected chi connectivity index (χ1v) is 10.8. The van der Waals surface area contributed by atoms with Crippen molar-refractivity contribution in [3.8, 4) is 17.4 Å². The number of aromatic nitrogens is 4. The lowest BCUT2D eigenvalue weighted by atomic mass is 10.3. The number of nitrogens with zero attached hydrogens (tertiary/aromatic N) is 4. The van der Waals surface area contributed by atoms with Crippen molar-refractivity contribution in [1.82, 2.24) is 19.5 Å². The molecular formula is C20H15ClFN5O3S. The van der Waals surface area contributed by atoms with Crippen molar-refractivity contribution in [3.63, 3.8) is 0 Å². The number of anilines is 1. The number of ether oxygens (including phenoxy) is 1. The fraction of sp³-hybridized carbons (Fsp3) is 0.0500. The summed E-state index contributed by atoms with van der Waals surface area (Å²) in [7, 11) is -3.93. The molecule has 0 fully saturated rings. The predicted octanol–water partition coefficient (Wildman–Crippen LogP) is 4.36. The normalized spacial score (nSPS) is 11.3. The van der Waals surface area contributed by atoms with Crippen LogP contribution in [-0.4, -0.2) is 27.9 Å². The second-order valence-corrected chi connectivity index (χ2v) is 8.48. The van der Waals surface area contributed by atoms with E-state index in [1.165, 1.54) is 12.1 Å². The molecule has 2 aromatic carbocycles. The maximum atomic E-state index is 13.3. The van der Waals surface area contributed by atoms with E-state index in [-0.39, 0.29) is 9.92 Å². The first-order valence-electron chi connectivity index (χ1n) is 8.90. The molecular weight excluding hydrogens is 445 g/mol. The first kappa shape index (κ1) is 20.8. The Hall–Kier alpha value is -3.50. The highest BCUT2D eigenvalue weighted by Crippen LogP contribution is 2.25. The SMILES string of the molecule is Cc1nc(Oc2ccc(NS(=O)(=O)c3ccc(F)c(Cl)c3)cc2)cc(-n2ccnc2)n1. The van der Waals surface area contributed by atoms with Crippen molar-refractivity contribution in [2.75, 3.05) is 4.72 Å². The van der Waals surface area contributed by atoms with Gasteiger partial charge in [0.15, 0.2) is 0 Å². The molecule has 158 valence electrons. The van der Waals surface area contributed by atoms with Gasteiger partial charge in [0.25, 0.3) is 10.0 Å². The fourth-order valence-corrected chi connectivity index (χ4v) is 4.00. The number of hydrogen-bond donors (Lipinski definition) is 1. The van der Waals surface area contributed by atoms with E-state index in [0.29, 0.717) is 29.0 Å². The molecule has 0 aliphatic carbocycles. The van der Waals surface area contributed by atoms with Gasteiger partial charge in [-0.2, -0.15) is 4.98 Å². The molecule has 8 nitrogen and oxygen atoms in total. The maximum Gasteiger partial charge on any atom is 0.261 e. The van der Waals surface area contributed by atoms with Gasteiger partial charge in [0, 0.05) is 24.1 Å². The van der Waals surface area contributed by atoms with Gasteiger partial charge >= 0.3 is 0 Å². The quantitative estimate of drug-likeness (QED) is 0.460. The number of imidazole rings is 1. The third-order valence-corrected chi connectivity index (χ3v) is 5.77. The van der Waals surface area contributed by atoms with E-state index in [4.69, 9.17) is 16.3 Å². The number of rotatable bonds is 6. The van der Waals surface area contributed by atoms with E-state index in [0.717, 1.165) is 18.2 Å². The Morgan fingerprint density at radius 3 is 2.55 bits per heavy atom. The Labute approximate surface area is 182 Å². The average Bonchev–Trinajstić information content (AvgIpc) is 3.26. The van der Waals surface area contributed by atoms with Crippen LogP contribution in [0.25, 0.3) is 5.82 Å². The first-order chi connectivity index (χ1) is 14.8. The van der Waals surface area contributed by atoms with Crippen LogP contribution in [0.15, 0.2) is 72.1 Å². The van der Waals surface area contributed by atoms with Gasteiger partial charge in [-0.05, 0) is 49.4 Å². The van der Waals surface area contributed by atoms with Crippen molar-refractivity contribution in [2.45, 2.75) is 11.8 Å². The van der Waals surface area contributed by atoms with Gasteiger partial charge in [0.05, 0.1) is 9.92 Å². The molecule has 0 saturated carbocycles. The molecule has 0 radical (unpaired) electrons. The molecule has 0 amide bonds. The lowest BCUT2D eigenvalue weighted by molar-refractivity contribution is 0.459. The average molecular weight is 460 g/mol. The Morgan fingerprint density at radius 1 is 1.10 bits per heavy atom. The lowest BCUT2D eigenvalue weighted by Gasteiger charge is -2.11. The van der Waals surface area contributed by atoms with Crippen LogP contribution >= 0.6 is 11.6 Å². The number of aryl methyl sites for hydroxylation is 1. The summed E-state index contributed by atoms with van der Waals surface area (Å²) in [6.45, 7) is 1.74. The van der Waals surface area contributed by atoms with E-state index in [9.17, 15) is 12.8 Å². The van der Waals surface area contributed by atoms with Crippen molar-refractivity contribution in [3.05, 3.63) is 83.9 Å². The summed E-state index contributed by atoms with van der Waals surface area (Å²) in [6, 6.07) is 11.1. The smallest absolute Gasteiger partial charge is 0.261 e. The molecule has 1 N–H and O–H groups in total. The Morgan fingerprint density at radius 2 is 1.87 bits per heavy atom. The second kappa shape index (κ2) is 8.32. The number of halogens is 2. The van der Waals surface area contributed by atoms with E-state index in [2.05, 4.69) is 19.7 Å². The van der Waals surface area contributed by atoms with Gasteiger partial charge in [0.1, 0.15) is 29.5 Å². The molecule has 0 bridgehead atoms. The molecule has 0 unspecified atom stereocenters. The number of benzene rings is 2. The van der Waals surface area contributed by atoms with Gasteiger partial charge in [0.2, 0.25) is 5.88 Å². The Kier molecular flexibility index (Phi) is 5.57. The monoisotopic (exact) mass is 459 g/mol. The molecule has 4 aromatic rings. The molecule has 4 rings (SSSR count). The van der Waals surface area contributed by atoms with Crippen LogP contribution in [0.4, 0.5) is 10.1 Å². The van der Waals surface area contributed by atoms with Gasteiger partial charge in [-0.25, -0.2) is 22.8 Å². The maximum absolute atomic E-state index is 13.3. The highest BCUT2D eigenvalue weighted by molar-refractivity contribution is 7.92. The van der Waals surface area contributed by atoms with E-state index in [1.54, 1.807) is 48.4 Å². The van der Waals surface area contributed by atoms with Gasteiger partial charge < -0.3 is 4.74 Å². The van der Waals surface area contributed by atoms with Crippen LogP contribution in [0, 0.1) is 12.7 Å². The van der Waals surface area contributed by atoms with E-state index < -0.39 is 15.8 Å². The van der Waals surface area contributed by atoms with Crippen molar-refractivity contribution in [1.29, 1.82) is 0 Å². The minimum Gasteiger partial charge on any atom is -0.439 e. The van der Waals surface area contributed by atoms with Crippen molar-refractivity contribution in [2.24, 2.45) is 0 Å². The number of hydrogen-bond acceptors (Lipinski definition) is 6. The largest absolute Gasteiger partial charge is 0.439 e. The van der Waals surface area contributed by atoms with Crippen LogP contribution in [-0.2, 0) is 10.0 Å². The third-order valence-electron chi connectivity index (χ3n) is 4.10. The van der Waals surface area contributed by atoms with Crippen molar-refractivity contribution >= 4 is 27.3 Å². The highest BCUT2D eigenvalue weighted by atomic mass is 35.5. The fourth-order valence-electron chi connectivity index (χ4n) is 2.67. The van der Waals surface area contributed by atoms with Gasteiger partial charge in [-0.3, -0.25) is 9.29 Å². The van der Waals surface area contributed by atoms with E-state index >= 15 is 0 Å². The van der Waals surface area contributed by atoms with Crippen LogP contribution in [0.5, 0.6) is 11.6 Å². The molecule has 0 aliphatic heterocycles. The molecule has 0 aliphatic rings. The lowest BCUT2D eigenvalue weighted by Crippen LogP contribution is -2.13. The number of sulfonamides is 1. The van der Waals surface area contributed by atoms with Crippen LogP contribution in [0.1, 0.15) is 5.82 Å². The topological polar surface area (TPSA) is 99.0 Å². The van der Waals surface area contributed by atoms with Crippen LogP contribution in [0.2, 0.25) is 5.02 Å². The summed E-state index contributed by atoms with van der Waals surface area (Å²) in [6.07, 6.45) is 5.00. The third kappa shape index (κ3) is 4.81. The predicted molar refractivity (Wildman–Crippen MR) is 113 cm³/mol. The zero-order chi connectivity index (χ0) is 22.0. The Bertz CT molecular complexity index is 1330. The minimum atomic E-state index is -3.93. The number of nitrogens with one attached hydrogen (secondary N) is 1. The standard InChI is InChI=1S/C20H15ClFN5O3S/c1-13-24-19(27-9-8-23-12-27)11-20(25-13)30-15-4-2-14(3-5-15)26-31(28,29)16-6-7-18(22)17(21)10-16/h2-12,26H,1H3. The molecule has 0 spiro atoms. The van der Waals surface area contributed by atoms with E-state index in [1.807, 2.05) is 0 Å². The zero-order valence-corrected chi connectivity index (χ0v) is 17.6. The highest BCUT2D eigenvalue weighted by Gasteiger charge is 2.16.